The van der Waals surface area contributed by atoms with Crippen LogP contribution in [0.5, 0.6) is 0 Å². The van der Waals surface area contributed by atoms with Crippen LogP contribution in [-0.4, -0.2) is 42.4 Å². The quantitative estimate of drug-likeness (QED) is 0.828. The van der Waals surface area contributed by atoms with Gasteiger partial charge in [0.1, 0.15) is 10.8 Å². The minimum Gasteiger partial charge on any atom is -0.478 e. The van der Waals surface area contributed by atoms with Gasteiger partial charge in [0.05, 0.1) is 18.9 Å². The van der Waals surface area contributed by atoms with Gasteiger partial charge in [-0.25, -0.2) is 14.2 Å². The molecule has 0 saturated carbocycles. The Balaban J connectivity index is 1.69. The molecule has 7 heteroatoms. The predicted molar refractivity (Wildman–Crippen MR) is 97.1 cm³/mol. The summed E-state index contributed by atoms with van der Waals surface area (Å²) in [5.74, 6) is -1.26. The third-order valence-corrected chi connectivity index (χ3v) is 4.60. The van der Waals surface area contributed by atoms with E-state index in [1.165, 1.54) is 23.5 Å². The van der Waals surface area contributed by atoms with Gasteiger partial charge >= 0.3 is 5.97 Å². The Morgan fingerprint density at radius 1 is 1.28 bits per heavy atom. The van der Waals surface area contributed by atoms with Crippen molar-refractivity contribution in [1.82, 2.24) is 4.98 Å². The molecule has 5 nitrogen and oxygen atoms in total. The third-order valence-electron chi connectivity index (χ3n) is 3.67. The van der Waals surface area contributed by atoms with Gasteiger partial charge in [-0.05, 0) is 29.8 Å². The number of ether oxygens (including phenoxy) is 1. The lowest BCUT2D eigenvalue weighted by molar-refractivity contribution is -0.131. The molecule has 1 aliphatic heterocycles. The first-order chi connectivity index (χ1) is 12.1. The van der Waals surface area contributed by atoms with Crippen LogP contribution >= 0.6 is 11.3 Å². The van der Waals surface area contributed by atoms with Crippen LogP contribution in [0, 0.1) is 5.82 Å². The molecule has 130 valence electrons. The fourth-order valence-electron chi connectivity index (χ4n) is 2.46. The average Bonchev–Trinajstić information content (AvgIpc) is 3.07. The van der Waals surface area contributed by atoms with Gasteiger partial charge in [-0.3, -0.25) is 0 Å². The van der Waals surface area contributed by atoms with E-state index in [2.05, 4.69) is 4.98 Å². The van der Waals surface area contributed by atoms with E-state index in [1.807, 2.05) is 11.0 Å². The smallest absolute Gasteiger partial charge is 0.328 e. The van der Waals surface area contributed by atoms with Crippen molar-refractivity contribution >= 4 is 41.2 Å². The van der Waals surface area contributed by atoms with Gasteiger partial charge in [-0.15, -0.1) is 11.3 Å². The van der Waals surface area contributed by atoms with Gasteiger partial charge < -0.3 is 14.7 Å². The summed E-state index contributed by atoms with van der Waals surface area (Å²) in [6.07, 6.45) is 7.74. The summed E-state index contributed by atoms with van der Waals surface area (Å²) < 4.78 is 19.6. The number of rotatable bonds is 5. The van der Waals surface area contributed by atoms with Crippen molar-refractivity contribution < 1.29 is 19.0 Å². The van der Waals surface area contributed by atoms with Crippen molar-refractivity contribution in [2.75, 3.05) is 31.2 Å². The zero-order valence-electron chi connectivity index (χ0n) is 13.4. The van der Waals surface area contributed by atoms with Crippen LogP contribution in [0.3, 0.4) is 0 Å². The van der Waals surface area contributed by atoms with E-state index >= 15 is 0 Å². The monoisotopic (exact) mass is 360 g/mol. The van der Waals surface area contributed by atoms with Crippen LogP contribution in [0.2, 0.25) is 0 Å². The number of morpholine rings is 1. The summed E-state index contributed by atoms with van der Waals surface area (Å²) in [5.41, 5.74) is 1.34. The number of aliphatic carboxylic acids is 1. The van der Waals surface area contributed by atoms with E-state index in [9.17, 15) is 9.18 Å². The zero-order chi connectivity index (χ0) is 17.6. The molecule has 25 heavy (non-hydrogen) atoms. The Morgan fingerprint density at radius 3 is 2.80 bits per heavy atom. The number of carboxylic acid groups (broad SMARTS) is 1. The van der Waals surface area contributed by atoms with E-state index < -0.39 is 5.97 Å². The van der Waals surface area contributed by atoms with Crippen molar-refractivity contribution in [3.8, 4) is 0 Å². The molecule has 0 bridgehead atoms. The van der Waals surface area contributed by atoms with Crippen LogP contribution in [-0.2, 0) is 9.53 Å². The second-order valence-corrected chi connectivity index (χ2v) is 6.51. The fourth-order valence-corrected chi connectivity index (χ4v) is 3.19. The number of carboxylic acids is 1. The third kappa shape index (κ3) is 4.74. The number of hydrogen-bond acceptors (Lipinski definition) is 5. The number of benzene rings is 1. The summed E-state index contributed by atoms with van der Waals surface area (Å²) in [6, 6.07) is 5.15. The molecular formula is C18H17FN2O3S. The van der Waals surface area contributed by atoms with Crippen molar-refractivity contribution in [3.63, 3.8) is 0 Å². The van der Waals surface area contributed by atoms with Crippen LogP contribution < -0.4 is 4.90 Å². The molecule has 0 atom stereocenters. The second-order valence-electron chi connectivity index (χ2n) is 5.42. The zero-order valence-corrected chi connectivity index (χ0v) is 14.2. The Hall–Kier alpha value is -2.51. The summed E-state index contributed by atoms with van der Waals surface area (Å²) >= 11 is 1.36. The van der Waals surface area contributed by atoms with E-state index in [0.717, 1.165) is 21.5 Å². The number of nitrogens with zero attached hydrogens (tertiary/aromatic N) is 2. The van der Waals surface area contributed by atoms with Crippen molar-refractivity contribution in [2.45, 2.75) is 0 Å². The molecule has 0 amide bonds. The molecule has 1 aromatic carbocycles. The molecule has 0 unspecified atom stereocenters. The Bertz CT molecular complexity index is 810. The highest BCUT2D eigenvalue weighted by Crippen LogP contribution is 2.23. The first-order valence-corrected chi connectivity index (χ1v) is 8.60. The Kier molecular flexibility index (Phi) is 5.57. The van der Waals surface area contributed by atoms with Crippen molar-refractivity contribution in [3.05, 3.63) is 51.7 Å². The maximum Gasteiger partial charge on any atom is 0.328 e. The maximum absolute atomic E-state index is 14.3. The number of carbonyl (C=O) groups is 1. The summed E-state index contributed by atoms with van der Waals surface area (Å²) in [4.78, 5) is 17.4. The van der Waals surface area contributed by atoms with Crippen molar-refractivity contribution in [2.24, 2.45) is 0 Å². The molecule has 2 aromatic rings. The molecule has 1 saturated heterocycles. The van der Waals surface area contributed by atoms with E-state index in [4.69, 9.17) is 9.84 Å². The van der Waals surface area contributed by atoms with Crippen molar-refractivity contribution in [1.29, 1.82) is 0 Å². The minimum atomic E-state index is -0.999. The average molecular weight is 360 g/mol. The first-order valence-electron chi connectivity index (χ1n) is 7.79. The molecule has 0 aliphatic carbocycles. The molecule has 1 aliphatic rings. The van der Waals surface area contributed by atoms with Crippen LogP contribution in [0.1, 0.15) is 15.4 Å². The summed E-state index contributed by atoms with van der Waals surface area (Å²) in [6.45, 7) is 2.61. The highest BCUT2D eigenvalue weighted by atomic mass is 32.1. The molecule has 3 rings (SSSR count). The summed E-state index contributed by atoms with van der Waals surface area (Å²) in [7, 11) is 0. The maximum atomic E-state index is 14.3. The number of hydrogen-bond donors (Lipinski definition) is 1. The summed E-state index contributed by atoms with van der Waals surface area (Å²) in [5, 5.41) is 9.34. The minimum absolute atomic E-state index is 0.256. The highest BCUT2D eigenvalue weighted by molar-refractivity contribution is 7.13. The van der Waals surface area contributed by atoms with Crippen LogP contribution in [0.4, 0.5) is 10.1 Å². The molecule has 1 N–H and O–H groups in total. The number of anilines is 1. The van der Waals surface area contributed by atoms with E-state index in [-0.39, 0.29) is 5.82 Å². The lowest BCUT2D eigenvalue weighted by Gasteiger charge is -2.29. The SMILES string of the molecule is O=C(O)/C=C/c1cnc(/C=C/c2ccc(N3CCOCC3)c(F)c2)s1. The second kappa shape index (κ2) is 8.04. The van der Waals surface area contributed by atoms with Gasteiger partial charge in [0, 0.05) is 30.2 Å². The predicted octanol–water partition coefficient (Wildman–Crippen LogP) is 3.39. The van der Waals surface area contributed by atoms with Gasteiger partial charge in [-0.2, -0.15) is 0 Å². The lowest BCUT2D eigenvalue weighted by Crippen LogP contribution is -2.36. The highest BCUT2D eigenvalue weighted by Gasteiger charge is 2.14. The number of aromatic nitrogens is 1. The Morgan fingerprint density at radius 2 is 2.08 bits per heavy atom. The van der Waals surface area contributed by atoms with Gasteiger partial charge in [0.2, 0.25) is 0 Å². The fraction of sp³-hybridized carbons (Fsp3) is 0.222. The standard InChI is InChI=1S/C18H17FN2O3S/c19-15-11-13(1-4-16(15)21-7-9-24-10-8-21)2-5-17-20-12-14(25-17)3-6-18(22)23/h1-6,11-12H,7-10H2,(H,22,23)/b5-2+,6-3+. The van der Waals surface area contributed by atoms with Crippen LogP contribution in [0.15, 0.2) is 30.5 Å². The number of thiazole rings is 1. The normalized spacial score (nSPS) is 15.3. The van der Waals surface area contributed by atoms with E-state index in [1.54, 1.807) is 24.4 Å². The van der Waals surface area contributed by atoms with Gasteiger partial charge in [-0.1, -0.05) is 12.1 Å². The molecule has 0 spiro atoms. The molecule has 0 radical (unpaired) electrons. The largest absolute Gasteiger partial charge is 0.478 e. The van der Waals surface area contributed by atoms with Crippen LogP contribution in [0.25, 0.3) is 18.2 Å². The van der Waals surface area contributed by atoms with Gasteiger partial charge in [0.25, 0.3) is 0 Å². The van der Waals surface area contributed by atoms with Gasteiger partial charge in [0.15, 0.2) is 0 Å². The molecule has 2 heterocycles. The molecule has 1 fully saturated rings. The molecular weight excluding hydrogens is 343 g/mol. The van der Waals surface area contributed by atoms with E-state index in [0.29, 0.717) is 32.0 Å². The number of halogens is 1. The first kappa shape index (κ1) is 17.3. The topological polar surface area (TPSA) is 62.7 Å². The Labute approximate surface area is 148 Å². The lowest BCUT2D eigenvalue weighted by atomic mass is 10.1. The molecule has 1 aromatic heterocycles.